The van der Waals surface area contributed by atoms with Crippen LogP contribution in [0.1, 0.15) is 11.1 Å². The number of rotatable bonds is 4. The third-order valence-electron chi connectivity index (χ3n) is 7.57. The Morgan fingerprint density at radius 2 is 1.46 bits per heavy atom. The van der Waals surface area contributed by atoms with E-state index in [1.807, 2.05) is 60.9 Å². The highest BCUT2D eigenvalue weighted by Gasteiger charge is 2.25. The van der Waals surface area contributed by atoms with Gasteiger partial charge in [0.05, 0.1) is 16.7 Å². The molecule has 0 atom stereocenters. The maximum absolute atomic E-state index is 6.42. The third kappa shape index (κ3) is 3.53. The van der Waals surface area contributed by atoms with Crippen molar-refractivity contribution in [3.8, 4) is 39.7 Å². The van der Waals surface area contributed by atoms with Crippen molar-refractivity contribution in [1.82, 2.24) is 14.5 Å². The molecule has 3 heterocycles. The molecule has 8 rings (SSSR count). The second-order valence-corrected chi connectivity index (χ2v) is 9.87. The first-order valence-electron chi connectivity index (χ1n) is 13.1. The Kier molecular flexibility index (Phi) is 4.85. The van der Waals surface area contributed by atoms with Crippen LogP contribution in [0.5, 0.6) is 11.5 Å². The smallest absolute Gasteiger partial charge is 0.137 e. The van der Waals surface area contributed by atoms with Gasteiger partial charge in [-0.25, -0.2) is 4.98 Å². The lowest BCUT2D eigenvalue weighted by Crippen LogP contribution is -1.96. The molecule has 184 valence electrons. The number of hydrogen-bond acceptors (Lipinski definition) is 3. The summed E-state index contributed by atoms with van der Waals surface area (Å²) >= 11 is 0. The van der Waals surface area contributed by atoms with Crippen LogP contribution in [-0.4, -0.2) is 14.5 Å². The maximum Gasteiger partial charge on any atom is 0.137 e. The molecular formula is C35H23N3O. The average molecular weight is 502 g/mol. The zero-order chi connectivity index (χ0) is 25.8. The minimum absolute atomic E-state index is 0.771. The van der Waals surface area contributed by atoms with Crippen LogP contribution in [0.15, 0.2) is 128 Å². The van der Waals surface area contributed by atoms with Crippen molar-refractivity contribution < 1.29 is 4.74 Å². The standard InChI is InChI=1S/C35H23N3O/c1-2-11-28-23(8-1)20-25-14-17-31-35(34(25)28)29-16-15-27(22-32(29)38(31)33-13-4-6-19-37-33)39-26-10-7-9-24(21-26)30-12-3-5-18-36-30/h1-19,21-22H,20H2. The topological polar surface area (TPSA) is 39.9 Å². The summed E-state index contributed by atoms with van der Waals surface area (Å²) in [7, 11) is 0. The first kappa shape index (κ1) is 21.8. The molecule has 0 bridgehead atoms. The Hall–Kier alpha value is -5.22. The van der Waals surface area contributed by atoms with Gasteiger partial charge in [-0.05, 0) is 83.3 Å². The van der Waals surface area contributed by atoms with Gasteiger partial charge in [0.15, 0.2) is 0 Å². The van der Waals surface area contributed by atoms with Gasteiger partial charge in [-0.2, -0.15) is 0 Å². The van der Waals surface area contributed by atoms with Crippen LogP contribution >= 0.6 is 0 Å². The highest BCUT2D eigenvalue weighted by atomic mass is 16.5. The van der Waals surface area contributed by atoms with E-state index in [4.69, 9.17) is 9.72 Å². The highest BCUT2D eigenvalue weighted by Crippen LogP contribution is 2.46. The summed E-state index contributed by atoms with van der Waals surface area (Å²) in [6.07, 6.45) is 4.62. The van der Waals surface area contributed by atoms with E-state index in [0.29, 0.717) is 0 Å². The summed E-state index contributed by atoms with van der Waals surface area (Å²) in [6, 6.07) is 39.7. The average Bonchev–Trinajstić information content (AvgIpc) is 3.53. The molecule has 7 aromatic rings. The number of nitrogens with zero attached hydrogens (tertiary/aromatic N) is 3. The molecular weight excluding hydrogens is 478 g/mol. The Morgan fingerprint density at radius 1 is 0.615 bits per heavy atom. The molecule has 0 saturated carbocycles. The summed E-state index contributed by atoms with van der Waals surface area (Å²) in [6.45, 7) is 0. The summed E-state index contributed by atoms with van der Waals surface area (Å²) in [4.78, 5) is 9.22. The van der Waals surface area contributed by atoms with E-state index in [2.05, 4.69) is 76.3 Å². The number of ether oxygens (including phenoxy) is 1. The molecule has 0 aliphatic heterocycles. The molecule has 0 fully saturated rings. The first-order valence-corrected chi connectivity index (χ1v) is 13.1. The van der Waals surface area contributed by atoms with Crippen molar-refractivity contribution in [1.29, 1.82) is 0 Å². The second-order valence-electron chi connectivity index (χ2n) is 9.87. The number of aromatic nitrogens is 3. The lowest BCUT2D eigenvalue weighted by atomic mass is 9.99. The van der Waals surface area contributed by atoms with E-state index in [1.54, 1.807) is 0 Å². The molecule has 3 aromatic heterocycles. The van der Waals surface area contributed by atoms with E-state index < -0.39 is 0 Å². The monoisotopic (exact) mass is 501 g/mol. The van der Waals surface area contributed by atoms with Crippen LogP contribution in [0.3, 0.4) is 0 Å². The van der Waals surface area contributed by atoms with Crippen molar-refractivity contribution in [2.75, 3.05) is 0 Å². The van der Waals surface area contributed by atoms with Crippen molar-refractivity contribution in [2.45, 2.75) is 6.42 Å². The number of fused-ring (bicyclic) bond motifs is 7. The van der Waals surface area contributed by atoms with Gasteiger partial charge in [-0.15, -0.1) is 0 Å². The summed E-state index contributed by atoms with van der Waals surface area (Å²) in [5.41, 5.74) is 9.56. The number of benzene rings is 4. The van der Waals surface area contributed by atoms with Crippen LogP contribution in [0.4, 0.5) is 0 Å². The highest BCUT2D eigenvalue weighted by molar-refractivity contribution is 6.17. The zero-order valence-corrected chi connectivity index (χ0v) is 21.1. The molecule has 0 spiro atoms. The fourth-order valence-corrected chi connectivity index (χ4v) is 5.89. The molecule has 4 heteroatoms. The molecule has 0 saturated heterocycles. The van der Waals surface area contributed by atoms with Gasteiger partial charge < -0.3 is 4.74 Å². The Morgan fingerprint density at radius 3 is 2.33 bits per heavy atom. The molecule has 0 unspecified atom stereocenters. The number of pyridine rings is 2. The third-order valence-corrected chi connectivity index (χ3v) is 7.57. The quantitative estimate of drug-likeness (QED) is 0.242. The minimum atomic E-state index is 0.771. The summed E-state index contributed by atoms with van der Waals surface area (Å²) in [5.74, 6) is 2.43. The lowest BCUT2D eigenvalue weighted by molar-refractivity contribution is 0.483. The minimum Gasteiger partial charge on any atom is -0.457 e. The van der Waals surface area contributed by atoms with E-state index >= 15 is 0 Å². The SMILES string of the molecule is c1ccc(-c2cccc(Oc3ccc4c5c6c(ccc5n(-c5ccccn5)c4c3)Cc3ccccc3-6)c2)nc1. The van der Waals surface area contributed by atoms with E-state index in [9.17, 15) is 0 Å². The van der Waals surface area contributed by atoms with E-state index in [-0.39, 0.29) is 0 Å². The van der Waals surface area contributed by atoms with Crippen molar-refractivity contribution >= 4 is 21.8 Å². The van der Waals surface area contributed by atoms with Crippen LogP contribution < -0.4 is 4.74 Å². The van der Waals surface area contributed by atoms with Crippen LogP contribution in [0, 0.1) is 0 Å². The van der Waals surface area contributed by atoms with Gasteiger partial charge in [0, 0.05) is 34.8 Å². The molecule has 0 radical (unpaired) electrons. The van der Waals surface area contributed by atoms with Crippen molar-refractivity contribution in [3.05, 3.63) is 139 Å². The zero-order valence-electron chi connectivity index (χ0n) is 21.1. The molecule has 1 aliphatic rings. The van der Waals surface area contributed by atoms with Gasteiger partial charge in [0.25, 0.3) is 0 Å². The van der Waals surface area contributed by atoms with Crippen LogP contribution in [0.2, 0.25) is 0 Å². The molecule has 39 heavy (non-hydrogen) atoms. The number of hydrogen-bond donors (Lipinski definition) is 0. The van der Waals surface area contributed by atoms with Gasteiger partial charge in [-0.1, -0.05) is 54.6 Å². The van der Waals surface area contributed by atoms with Gasteiger partial charge >= 0.3 is 0 Å². The molecule has 0 amide bonds. The first-order chi connectivity index (χ1) is 19.3. The van der Waals surface area contributed by atoms with Crippen LogP contribution in [0.25, 0.3) is 50.0 Å². The second kappa shape index (κ2) is 8.67. The van der Waals surface area contributed by atoms with Gasteiger partial charge in [0.1, 0.15) is 17.3 Å². The summed E-state index contributed by atoms with van der Waals surface area (Å²) in [5, 5.41) is 2.46. The summed E-state index contributed by atoms with van der Waals surface area (Å²) < 4.78 is 8.68. The van der Waals surface area contributed by atoms with E-state index in [0.717, 1.165) is 46.0 Å². The Bertz CT molecular complexity index is 2010. The van der Waals surface area contributed by atoms with Gasteiger partial charge in [-0.3, -0.25) is 9.55 Å². The Balaban J connectivity index is 1.32. The Labute approximate surface area is 225 Å². The van der Waals surface area contributed by atoms with Crippen molar-refractivity contribution in [2.24, 2.45) is 0 Å². The van der Waals surface area contributed by atoms with E-state index in [1.165, 1.54) is 33.0 Å². The normalized spacial score (nSPS) is 12.0. The van der Waals surface area contributed by atoms with Gasteiger partial charge in [0.2, 0.25) is 0 Å². The lowest BCUT2D eigenvalue weighted by Gasteiger charge is -2.10. The molecule has 0 N–H and O–H groups in total. The molecule has 4 aromatic carbocycles. The predicted molar refractivity (Wildman–Crippen MR) is 157 cm³/mol. The fourth-order valence-electron chi connectivity index (χ4n) is 5.89. The largest absolute Gasteiger partial charge is 0.457 e. The van der Waals surface area contributed by atoms with Crippen LogP contribution in [-0.2, 0) is 6.42 Å². The maximum atomic E-state index is 6.42. The van der Waals surface area contributed by atoms with Crippen molar-refractivity contribution in [3.63, 3.8) is 0 Å². The predicted octanol–water partition coefficient (Wildman–Crippen LogP) is 8.60. The molecule has 1 aliphatic carbocycles. The molecule has 4 nitrogen and oxygen atoms in total. The fraction of sp³-hybridized carbons (Fsp3) is 0.0286.